The Labute approximate surface area is 188 Å². The smallest absolute Gasteiger partial charge is 0.197 e. The van der Waals surface area contributed by atoms with Gasteiger partial charge in [0.2, 0.25) is 0 Å². The molecule has 0 unspecified atom stereocenters. The Balaban J connectivity index is 1.55. The normalized spacial score (nSPS) is 21.7. The minimum atomic E-state index is -0.889. The zero-order valence-electron chi connectivity index (χ0n) is 15.4. The van der Waals surface area contributed by atoms with Crippen LogP contribution in [0.3, 0.4) is 0 Å². The monoisotopic (exact) mass is 478 g/mol. The first-order valence-electron chi connectivity index (χ1n) is 8.68. The third-order valence-electron chi connectivity index (χ3n) is 4.35. The number of ether oxygens (including phenoxy) is 4. The molecule has 3 rings (SSSR count). The quantitative estimate of drug-likeness (QED) is 0.511. The van der Waals surface area contributed by atoms with Gasteiger partial charge < -0.3 is 18.9 Å². The van der Waals surface area contributed by atoms with E-state index in [0.29, 0.717) is 25.7 Å². The molecular formula is C20H18Cl4O5. The molecule has 0 aliphatic carbocycles. The van der Waals surface area contributed by atoms with Crippen molar-refractivity contribution in [3.63, 3.8) is 0 Å². The van der Waals surface area contributed by atoms with Gasteiger partial charge in [-0.2, -0.15) is 0 Å². The van der Waals surface area contributed by atoms with Crippen molar-refractivity contribution in [2.45, 2.75) is 31.7 Å². The lowest BCUT2D eigenvalue weighted by Crippen LogP contribution is -2.32. The van der Waals surface area contributed by atoms with Crippen LogP contribution < -0.4 is 0 Å². The SMILES string of the molecule is CO[C@H]1O[C@H](COCc2ccc(Cl)cc2Cl)C(=O)[C@H]1OCc1ccc(Cl)cc1Cl. The average Bonchev–Trinajstić information content (AvgIpc) is 2.98. The minimum absolute atomic E-state index is 0.0409. The van der Waals surface area contributed by atoms with Gasteiger partial charge in [-0.05, 0) is 35.4 Å². The summed E-state index contributed by atoms with van der Waals surface area (Å²) in [6.07, 6.45) is -2.53. The molecular weight excluding hydrogens is 462 g/mol. The van der Waals surface area contributed by atoms with Gasteiger partial charge >= 0.3 is 0 Å². The first-order chi connectivity index (χ1) is 13.9. The topological polar surface area (TPSA) is 54.0 Å². The van der Waals surface area contributed by atoms with Crippen LogP contribution in [0.15, 0.2) is 36.4 Å². The molecule has 0 spiro atoms. The fourth-order valence-electron chi connectivity index (χ4n) is 2.81. The molecule has 0 amide bonds. The Morgan fingerprint density at radius 1 is 0.931 bits per heavy atom. The molecule has 1 saturated heterocycles. The van der Waals surface area contributed by atoms with Crippen molar-refractivity contribution in [2.75, 3.05) is 13.7 Å². The van der Waals surface area contributed by atoms with Crippen molar-refractivity contribution in [1.29, 1.82) is 0 Å². The molecule has 1 fully saturated rings. The van der Waals surface area contributed by atoms with E-state index in [9.17, 15) is 4.79 Å². The summed E-state index contributed by atoms with van der Waals surface area (Å²) < 4.78 is 22.2. The van der Waals surface area contributed by atoms with Crippen molar-refractivity contribution < 1.29 is 23.7 Å². The van der Waals surface area contributed by atoms with E-state index >= 15 is 0 Å². The zero-order valence-corrected chi connectivity index (χ0v) is 18.4. The minimum Gasteiger partial charge on any atom is -0.374 e. The summed E-state index contributed by atoms with van der Waals surface area (Å²) in [5.41, 5.74) is 1.46. The standard InChI is InChI=1S/C20H18Cl4O5/c1-26-20-19(28-9-12-3-5-14(22)7-16(12)24)18(25)17(29-20)10-27-8-11-2-4-13(21)6-15(11)23/h2-7,17,19-20H,8-10H2,1H3/t17-,19-,20+/m1/s1. The van der Waals surface area contributed by atoms with Crippen LogP contribution in [-0.2, 0) is 37.0 Å². The highest BCUT2D eigenvalue weighted by Crippen LogP contribution is 2.26. The van der Waals surface area contributed by atoms with Crippen molar-refractivity contribution in [3.05, 3.63) is 67.6 Å². The van der Waals surface area contributed by atoms with Gasteiger partial charge in [-0.15, -0.1) is 0 Å². The third kappa shape index (κ3) is 5.84. The maximum absolute atomic E-state index is 12.7. The maximum Gasteiger partial charge on any atom is 0.197 e. The summed E-state index contributed by atoms with van der Waals surface area (Å²) in [6, 6.07) is 10.2. The molecule has 0 bridgehead atoms. The Morgan fingerprint density at radius 3 is 2.07 bits per heavy atom. The van der Waals surface area contributed by atoms with Crippen molar-refractivity contribution >= 4 is 52.2 Å². The highest BCUT2D eigenvalue weighted by molar-refractivity contribution is 6.35. The van der Waals surface area contributed by atoms with Gasteiger partial charge in [-0.25, -0.2) is 0 Å². The van der Waals surface area contributed by atoms with Gasteiger partial charge in [0.15, 0.2) is 18.2 Å². The number of benzene rings is 2. The maximum atomic E-state index is 12.7. The number of halogens is 4. The molecule has 9 heteroatoms. The predicted molar refractivity (Wildman–Crippen MR) is 112 cm³/mol. The van der Waals surface area contributed by atoms with Crippen LogP contribution in [0.4, 0.5) is 0 Å². The molecule has 29 heavy (non-hydrogen) atoms. The average molecular weight is 480 g/mol. The molecule has 0 radical (unpaired) electrons. The Morgan fingerprint density at radius 2 is 1.52 bits per heavy atom. The number of hydrogen-bond donors (Lipinski definition) is 0. The van der Waals surface area contributed by atoms with Crippen LogP contribution in [-0.4, -0.2) is 38.0 Å². The molecule has 5 nitrogen and oxygen atoms in total. The van der Waals surface area contributed by atoms with Gasteiger partial charge in [0.25, 0.3) is 0 Å². The molecule has 1 aliphatic heterocycles. The van der Waals surface area contributed by atoms with E-state index in [-0.39, 0.29) is 25.6 Å². The lowest BCUT2D eigenvalue weighted by atomic mass is 10.1. The van der Waals surface area contributed by atoms with Crippen molar-refractivity contribution in [2.24, 2.45) is 0 Å². The fourth-order valence-corrected chi connectivity index (χ4v) is 3.74. The zero-order chi connectivity index (χ0) is 21.0. The van der Waals surface area contributed by atoms with E-state index in [4.69, 9.17) is 65.4 Å². The van der Waals surface area contributed by atoms with E-state index in [1.807, 2.05) is 0 Å². The van der Waals surface area contributed by atoms with Gasteiger partial charge in [-0.1, -0.05) is 58.5 Å². The van der Waals surface area contributed by atoms with Crippen LogP contribution in [0.1, 0.15) is 11.1 Å². The van der Waals surface area contributed by atoms with Gasteiger partial charge in [-0.3, -0.25) is 4.79 Å². The fraction of sp³-hybridized carbons (Fsp3) is 0.350. The van der Waals surface area contributed by atoms with Crippen LogP contribution in [0, 0.1) is 0 Å². The first kappa shape index (κ1) is 22.8. The van der Waals surface area contributed by atoms with Gasteiger partial charge in [0, 0.05) is 27.2 Å². The highest BCUT2D eigenvalue weighted by Gasteiger charge is 2.44. The van der Waals surface area contributed by atoms with Crippen LogP contribution in [0.5, 0.6) is 0 Å². The van der Waals surface area contributed by atoms with Crippen molar-refractivity contribution in [1.82, 2.24) is 0 Å². The third-order valence-corrected chi connectivity index (χ3v) is 5.52. The number of rotatable bonds is 8. The second kappa shape index (κ2) is 10.4. The molecule has 0 saturated carbocycles. The predicted octanol–water partition coefficient (Wildman–Crippen LogP) is 5.34. The van der Waals surface area contributed by atoms with Crippen LogP contribution >= 0.6 is 46.4 Å². The number of Topliss-reactive ketones (excluding diaryl/α,β-unsaturated/α-hetero) is 1. The van der Waals surface area contributed by atoms with Gasteiger partial charge in [0.05, 0.1) is 19.8 Å². The lowest BCUT2D eigenvalue weighted by molar-refractivity contribution is -0.169. The summed E-state index contributed by atoms with van der Waals surface area (Å²) >= 11 is 24.0. The number of methoxy groups -OCH3 is 1. The Bertz CT molecular complexity index is 876. The number of ketones is 1. The number of carbonyl (C=O) groups is 1. The van der Waals surface area contributed by atoms with Crippen LogP contribution in [0.25, 0.3) is 0 Å². The van der Waals surface area contributed by atoms with Crippen molar-refractivity contribution in [3.8, 4) is 0 Å². The summed E-state index contributed by atoms with van der Waals surface area (Å²) in [5.74, 6) is -0.260. The second-order valence-electron chi connectivity index (χ2n) is 6.35. The first-order valence-corrected chi connectivity index (χ1v) is 10.2. The highest BCUT2D eigenvalue weighted by atomic mass is 35.5. The Kier molecular flexibility index (Phi) is 8.19. The van der Waals surface area contributed by atoms with Crippen LogP contribution in [0.2, 0.25) is 20.1 Å². The van der Waals surface area contributed by atoms with Gasteiger partial charge in [0.1, 0.15) is 6.10 Å². The Hall–Kier alpha value is -0.890. The molecule has 1 aliphatic rings. The van der Waals surface area contributed by atoms with E-state index in [1.165, 1.54) is 7.11 Å². The number of carbonyl (C=O) groups excluding carboxylic acids is 1. The van der Waals surface area contributed by atoms with E-state index < -0.39 is 18.5 Å². The molecule has 3 atom stereocenters. The van der Waals surface area contributed by atoms with E-state index in [1.54, 1.807) is 36.4 Å². The summed E-state index contributed by atoms with van der Waals surface area (Å²) in [4.78, 5) is 12.7. The summed E-state index contributed by atoms with van der Waals surface area (Å²) in [6.45, 7) is 0.371. The second-order valence-corrected chi connectivity index (χ2v) is 8.04. The lowest BCUT2D eigenvalue weighted by Gasteiger charge is -2.16. The van der Waals surface area contributed by atoms with E-state index in [2.05, 4.69) is 0 Å². The molecule has 0 aromatic heterocycles. The number of hydrogen-bond acceptors (Lipinski definition) is 5. The summed E-state index contributed by atoms with van der Waals surface area (Å²) in [7, 11) is 1.44. The summed E-state index contributed by atoms with van der Waals surface area (Å²) in [5, 5.41) is 2.01. The molecule has 1 heterocycles. The largest absolute Gasteiger partial charge is 0.374 e. The molecule has 2 aromatic carbocycles. The molecule has 156 valence electrons. The molecule has 0 N–H and O–H groups in total. The molecule has 2 aromatic rings. The van der Waals surface area contributed by atoms with E-state index in [0.717, 1.165) is 5.56 Å².